The van der Waals surface area contributed by atoms with Crippen LogP contribution in [0.15, 0.2) is 35.5 Å². The number of pyridine rings is 1. The standard InChI is InChI=1S/C43H60N2O5/c1-24(2)37-35(47)23-43(18-20-45-39(48)33-9-7-8-19-44-33)17-14-32-28(38(37)43)10-11-36-41(5)15-12-27(25(3)31(41)13-16-42(32,36)6)21-34(46)29-22-30(26(29)4)40(49)50/h7-9,19,24-32,36H,10-18,20-23H2,1-6H3,(H,45,48)(H,49,50). The van der Waals surface area contributed by atoms with Gasteiger partial charge in [0.1, 0.15) is 11.5 Å². The van der Waals surface area contributed by atoms with Gasteiger partial charge in [-0.25, -0.2) is 0 Å². The maximum absolute atomic E-state index is 13.8. The van der Waals surface area contributed by atoms with Crippen LogP contribution >= 0.6 is 0 Å². The number of aromatic nitrogens is 1. The fraction of sp³-hybridized carbons (Fsp3) is 0.744. The van der Waals surface area contributed by atoms with Gasteiger partial charge in [-0.2, -0.15) is 0 Å². The molecule has 0 radical (unpaired) electrons. The summed E-state index contributed by atoms with van der Waals surface area (Å²) in [5, 5.41) is 12.6. The van der Waals surface area contributed by atoms with E-state index in [4.69, 9.17) is 0 Å². The Morgan fingerprint density at radius 2 is 1.66 bits per heavy atom. The molecule has 0 saturated heterocycles. The molecule has 0 aromatic carbocycles. The zero-order valence-corrected chi connectivity index (χ0v) is 31.3. The van der Waals surface area contributed by atoms with Crippen molar-refractivity contribution in [1.82, 2.24) is 10.3 Å². The Morgan fingerprint density at radius 1 is 0.940 bits per heavy atom. The van der Waals surface area contributed by atoms with Crippen LogP contribution < -0.4 is 5.32 Å². The highest BCUT2D eigenvalue weighted by atomic mass is 16.4. The van der Waals surface area contributed by atoms with Crippen molar-refractivity contribution in [1.29, 1.82) is 0 Å². The quantitative estimate of drug-likeness (QED) is 0.270. The van der Waals surface area contributed by atoms with Crippen molar-refractivity contribution in [2.45, 2.75) is 119 Å². The van der Waals surface area contributed by atoms with Crippen molar-refractivity contribution in [2.75, 3.05) is 6.54 Å². The van der Waals surface area contributed by atoms with Gasteiger partial charge in [-0.05, 0) is 140 Å². The molecule has 50 heavy (non-hydrogen) atoms. The van der Waals surface area contributed by atoms with Gasteiger partial charge in [0.05, 0.1) is 5.92 Å². The molecule has 272 valence electrons. The molecule has 1 heterocycles. The number of carboxylic acids is 1. The smallest absolute Gasteiger partial charge is 0.306 e. The summed E-state index contributed by atoms with van der Waals surface area (Å²) in [6.45, 7) is 14.5. The number of amides is 1. The lowest BCUT2D eigenvalue weighted by Gasteiger charge is -2.67. The summed E-state index contributed by atoms with van der Waals surface area (Å²) in [6, 6.07) is 5.40. The largest absolute Gasteiger partial charge is 0.481 e. The Balaban J connectivity index is 1.07. The third kappa shape index (κ3) is 5.54. The van der Waals surface area contributed by atoms with Crippen molar-refractivity contribution in [3.05, 3.63) is 41.2 Å². The number of hydrogen-bond donors (Lipinski definition) is 2. The van der Waals surface area contributed by atoms with E-state index in [0.717, 1.165) is 37.7 Å². The van der Waals surface area contributed by atoms with Gasteiger partial charge in [-0.1, -0.05) is 53.2 Å². The number of carbonyl (C=O) groups is 4. The molecule has 0 spiro atoms. The second-order valence-corrected chi connectivity index (χ2v) is 18.6. The molecule has 1 aromatic rings. The van der Waals surface area contributed by atoms with Gasteiger partial charge in [0.2, 0.25) is 0 Å². The van der Waals surface area contributed by atoms with Crippen molar-refractivity contribution in [2.24, 2.45) is 75.4 Å². The third-order valence-corrected chi connectivity index (χ3v) is 16.3. The van der Waals surface area contributed by atoms with Gasteiger partial charge in [-0.15, -0.1) is 0 Å². The maximum Gasteiger partial charge on any atom is 0.306 e. The average molecular weight is 685 g/mol. The van der Waals surface area contributed by atoms with Crippen molar-refractivity contribution < 1.29 is 24.3 Å². The summed E-state index contributed by atoms with van der Waals surface area (Å²) < 4.78 is 0. The minimum Gasteiger partial charge on any atom is -0.481 e. The first-order valence-corrected chi connectivity index (χ1v) is 19.9. The molecule has 5 fully saturated rings. The minimum atomic E-state index is -0.756. The van der Waals surface area contributed by atoms with Crippen molar-refractivity contribution >= 4 is 23.4 Å². The molecule has 6 aliphatic carbocycles. The molecule has 0 aliphatic heterocycles. The number of nitrogens with one attached hydrogen (secondary N) is 1. The van der Waals surface area contributed by atoms with E-state index in [2.05, 4.69) is 44.9 Å². The van der Waals surface area contributed by atoms with Crippen LogP contribution in [-0.4, -0.2) is 40.1 Å². The normalized spacial score (nSPS) is 42.1. The monoisotopic (exact) mass is 684 g/mol. The molecular weight excluding hydrogens is 624 g/mol. The number of carboxylic acid groups (broad SMARTS) is 1. The molecule has 2 N–H and O–H groups in total. The predicted octanol–water partition coefficient (Wildman–Crippen LogP) is 8.33. The topological polar surface area (TPSA) is 113 Å². The van der Waals surface area contributed by atoms with Crippen LogP contribution in [0, 0.1) is 75.4 Å². The number of carbonyl (C=O) groups excluding carboxylic acids is 3. The van der Waals surface area contributed by atoms with E-state index < -0.39 is 5.97 Å². The summed E-state index contributed by atoms with van der Waals surface area (Å²) in [5.41, 5.74) is 3.33. The molecule has 6 aliphatic rings. The Kier molecular flexibility index (Phi) is 9.24. The van der Waals surface area contributed by atoms with Crippen LogP contribution in [-0.2, 0) is 14.4 Å². The number of aliphatic carboxylic acids is 1. The summed E-state index contributed by atoms with van der Waals surface area (Å²) in [4.78, 5) is 55.9. The summed E-state index contributed by atoms with van der Waals surface area (Å²) in [7, 11) is 0. The Labute approximate surface area is 299 Å². The van der Waals surface area contributed by atoms with E-state index in [1.54, 1.807) is 12.3 Å². The Morgan fingerprint density at radius 3 is 2.34 bits per heavy atom. The fourth-order valence-corrected chi connectivity index (χ4v) is 13.7. The Bertz CT molecular complexity index is 1570. The second-order valence-electron chi connectivity index (χ2n) is 18.6. The van der Waals surface area contributed by atoms with E-state index in [1.165, 1.54) is 31.3 Å². The van der Waals surface area contributed by atoms with Crippen molar-refractivity contribution in [3.8, 4) is 0 Å². The molecule has 7 nitrogen and oxygen atoms in total. The predicted molar refractivity (Wildman–Crippen MR) is 193 cm³/mol. The summed E-state index contributed by atoms with van der Waals surface area (Å²) >= 11 is 0. The number of rotatable bonds is 9. The number of hydrogen-bond acceptors (Lipinski definition) is 5. The van der Waals surface area contributed by atoms with Gasteiger partial charge in [0, 0.05) is 36.9 Å². The summed E-state index contributed by atoms with van der Waals surface area (Å²) in [5.74, 6) is 2.61. The van der Waals surface area contributed by atoms with Gasteiger partial charge < -0.3 is 10.4 Å². The lowest BCUT2D eigenvalue weighted by Crippen LogP contribution is -2.60. The van der Waals surface area contributed by atoms with Gasteiger partial charge in [-0.3, -0.25) is 24.2 Å². The first-order chi connectivity index (χ1) is 23.7. The highest BCUT2D eigenvalue weighted by Gasteiger charge is 2.64. The van der Waals surface area contributed by atoms with Gasteiger partial charge in [0.15, 0.2) is 5.78 Å². The van der Waals surface area contributed by atoms with E-state index in [-0.39, 0.29) is 45.8 Å². The number of allylic oxidation sites excluding steroid dienone is 2. The molecule has 0 bridgehead atoms. The molecule has 5 saturated carbocycles. The van der Waals surface area contributed by atoms with E-state index in [9.17, 15) is 24.3 Å². The first-order valence-electron chi connectivity index (χ1n) is 19.9. The second kappa shape index (κ2) is 13.0. The minimum absolute atomic E-state index is 0.0456. The van der Waals surface area contributed by atoms with Crippen molar-refractivity contribution in [3.63, 3.8) is 0 Å². The van der Waals surface area contributed by atoms with Crippen LogP contribution in [0.2, 0.25) is 0 Å². The zero-order valence-electron chi connectivity index (χ0n) is 31.3. The number of Topliss-reactive ketones (excluding diaryl/α,β-unsaturated/α-hetero) is 2. The molecule has 12 atom stereocenters. The number of fused-ring (bicyclic) bond motifs is 7. The van der Waals surface area contributed by atoms with Gasteiger partial charge in [0.25, 0.3) is 5.91 Å². The highest BCUT2D eigenvalue weighted by molar-refractivity contribution is 6.00. The Hall–Kier alpha value is -2.83. The van der Waals surface area contributed by atoms with Gasteiger partial charge >= 0.3 is 5.97 Å². The zero-order chi connectivity index (χ0) is 35.7. The van der Waals surface area contributed by atoms with Crippen LogP contribution in [0.5, 0.6) is 0 Å². The number of nitrogens with zero attached hydrogens (tertiary/aromatic N) is 1. The molecule has 7 rings (SSSR count). The van der Waals surface area contributed by atoms with Crippen LogP contribution in [0.3, 0.4) is 0 Å². The molecular formula is C43H60N2O5. The molecule has 7 heteroatoms. The maximum atomic E-state index is 13.8. The van der Waals surface area contributed by atoms with Crippen LogP contribution in [0.4, 0.5) is 0 Å². The molecule has 12 unspecified atom stereocenters. The fourth-order valence-electron chi connectivity index (χ4n) is 13.7. The summed E-state index contributed by atoms with van der Waals surface area (Å²) in [6.07, 6.45) is 13.4. The lowest BCUT2D eigenvalue weighted by molar-refractivity contribution is -0.172. The van der Waals surface area contributed by atoms with E-state index in [1.807, 2.05) is 19.1 Å². The lowest BCUT2D eigenvalue weighted by atomic mass is 9.37. The first kappa shape index (κ1) is 35.6. The average Bonchev–Trinajstić information content (AvgIpc) is 3.37. The van der Waals surface area contributed by atoms with E-state index in [0.29, 0.717) is 78.6 Å². The molecule has 1 aromatic heterocycles. The highest BCUT2D eigenvalue weighted by Crippen LogP contribution is 2.72. The van der Waals surface area contributed by atoms with Crippen LogP contribution in [0.25, 0.3) is 0 Å². The van der Waals surface area contributed by atoms with Crippen LogP contribution in [0.1, 0.15) is 129 Å². The number of ketones is 2. The SMILES string of the molecule is CC(C)C1=C2C3CCC4C(C)(CCC5C(C)C(CC(=O)C6CC(C(=O)O)C6C)CCC54C)C3CCC2(CCNC(=O)c2ccccn2)CC1=O. The third-order valence-electron chi connectivity index (χ3n) is 16.3. The molecule has 1 amide bonds. The van der Waals surface area contributed by atoms with E-state index >= 15 is 0 Å².